The molecule has 31 heavy (non-hydrogen) atoms. The second kappa shape index (κ2) is 8.43. The number of rotatable bonds is 6. The number of thioether (sulfide) groups is 1. The van der Waals surface area contributed by atoms with Crippen LogP contribution in [-0.2, 0) is 22.4 Å². The van der Waals surface area contributed by atoms with Gasteiger partial charge in [0.1, 0.15) is 11.0 Å². The summed E-state index contributed by atoms with van der Waals surface area (Å²) in [6, 6.07) is 10.1. The number of anilines is 1. The molecule has 160 valence electrons. The number of imide groups is 1. The van der Waals surface area contributed by atoms with Crippen LogP contribution in [0.1, 0.15) is 39.4 Å². The number of hydrogen-bond acceptors (Lipinski definition) is 6. The third kappa shape index (κ3) is 4.13. The molecule has 2 aliphatic heterocycles. The lowest BCUT2D eigenvalue weighted by Crippen LogP contribution is -2.31. The smallest absolute Gasteiger partial charge is 0.335 e. The van der Waals surface area contributed by atoms with Gasteiger partial charge in [0.25, 0.3) is 5.24 Å². The monoisotopic (exact) mass is 440 g/mol. The molecule has 0 saturated carbocycles. The summed E-state index contributed by atoms with van der Waals surface area (Å²) >= 11 is 0.953. The maximum atomic E-state index is 12.6. The highest BCUT2D eigenvalue weighted by atomic mass is 32.2. The van der Waals surface area contributed by atoms with E-state index in [1.165, 1.54) is 19.2 Å². The van der Waals surface area contributed by atoms with Crippen LogP contribution >= 0.6 is 11.8 Å². The highest BCUT2D eigenvalue weighted by Crippen LogP contribution is 2.43. The summed E-state index contributed by atoms with van der Waals surface area (Å²) in [5, 5.41) is 13.3. The predicted octanol–water partition coefficient (Wildman–Crippen LogP) is 2.96. The Balaban J connectivity index is 1.77. The van der Waals surface area contributed by atoms with Gasteiger partial charge < -0.3 is 15.2 Å². The molecule has 2 aliphatic rings. The van der Waals surface area contributed by atoms with Crippen molar-refractivity contribution in [2.75, 3.05) is 12.4 Å². The third-order valence-electron chi connectivity index (χ3n) is 5.54. The Morgan fingerprint density at radius 2 is 1.87 bits per heavy atom. The molecular formula is C22H20N2O6S. The number of amides is 3. The molecule has 0 radical (unpaired) electrons. The molecular weight excluding hydrogens is 420 g/mol. The lowest BCUT2D eigenvalue weighted by atomic mass is 9.83. The Hall–Kier alpha value is -3.33. The number of carbonyl (C=O) groups excluding carboxylic acids is 3. The van der Waals surface area contributed by atoms with Gasteiger partial charge in [-0.05, 0) is 47.7 Å². The highest BCUT2D eigenvalue weighted by Gasteiger charge is 2.40. The summed E-state index contributed by atoms with van der Waals surface area (Å²) in [7, 11) is 1.52. The predicted molar refractivity (Wildman–Crippen MR) is 115 cm³/mol. The molecule has 3 amide bonds. The van der Waals surface area contributed by atoms with Crippen molar-refractivity contribution in [3.05, 3.63) is 58.7 Å². The number of nitrogens with one attached hydrogen (secondary N) is 2. The molecule has 1 saturated heterocycles. The number of carbonyl (C=O) groups is 4. The van der Waals surface area contributed by atoms with Crippen LogP contribution in [-0.4, -0.2) is 40.5 Å². The lowest BCUT2D eigenvalue weighted by Gasteiger charge is -2.28. The summed E-state index contributed by atoms with van der Waals surface area (Å²) in [6.07, 6.45) is 1.23. The molecule has 0 aliphatic carbocycles. The Labute approximate surface area is 182 Å². The van der Waals surface area contributed by atoms with Crippen molar-refractivity contribution in [1.82, 2.24) is 5.32 Å². The standard InChI is InChI=1S/C22H20N2O6S/c1-30-16-8-6-13(14-7-9-17(25)23-18(14)16)15(19-20(26)24-22(29)31-19)10-11-2-4-12(5-3-11)21(27)28/h2-6,8,15,19H,7,9-10H2,1H3,(H,23,25)(H,27,28)(H,24,26,29). The zero-order valence-corrected chi connectivity index (χ0v) is 17.5. The first-order valence-electron chi connectivity index (χ1n) is 9.70. The topological polar surface area (TPSA) is 122 Å². The van der Waals surface area contributed by atoms with Gasteiger partial charge in [-0.15, -0.1) is 0 Å². The first-order valence-corrected chi connectivity index (χ1v) is 10.6. The van der Waals surface area contributed by atoms with Gasteiger partial charge in [0.15, 0.2) is 0 Å². The van der Waals surface area contributed by atoms with Gasteiger partial charge >= 0.3 is 5.97 Å². The zero-order chi connectivity index (χ0) is 22.1. The minimum absolute atomic E-state index is 0.105. The number of carboxylic acid groups (broad SMARTS) is 1. The number of benzene rings is 2. The first kappa shape index (κ1) is 20.9. The molecule has 4 rings (SSSR count). The van der Waals surface area contributed by atoms with Crippen LogP contribution in [0.3, 0.4) is 0 Å². The number of aromatic carboxylic acids is 1. The molecule has 8 nitrogen and oxygen atoms in total. The fourth-order valence-electron chi connectivity index (χ4n) is 4.06. The SMILES string of the molecule is COc1ccc(C(Cc2ccc(C(=O)O)cc2)C2SC(=O)NC2=O)c2c1NC(=O)CC2. The minimum atomic E-state index is -1.01. The Morgan fingerprint density at radius 3 is 2.48 bits per heavy atom. The Kier molecular flexibility index (Phi) is 5.69. The summed E-state index contributed by atoms with van der Waals surface area (Å²) in [5.41, 5.74) is 3.36. The van der Waals surface area contributed by atoms with Gasteiger partial charge in [-0.3, -0.25) is 19.7 Å². The van der Waals surface area contributed by atoms with E-state index in [1.807, 2.05) is 6.07 Å². The van der Waals surface area contributed by atoms with Crippen LogP contribution in [0.25, 0.3) is 0 Å². The number of carboxylic acids is 1. The van der Waals surface area contributed by atoms with Gasteiger partial charge in [0.2, 0.25) is 11.8 Å². The first-order chi connectivity index (χ1) is 14.9. The van der Waals surface area contributed by atoms with Gasteiger partial charge in [0, 0.05) is 12.3 Å². The van der Waals surface area contributed by atoms with Crippen molar-refractivity contribution in [2.45, 2.75) is 30.4 Å². The fraction of sp³-hybridized carbons (Fsp3) is 0.273. The van der Waals surface area contributed by atoms with Crippen molar-refractivity contribution < 1.29 is 29.0 Å². The minimum Gasteiger partial charge on any atom is -0.495 e. The molecule has 0 spiro atoms. The number of ether oxygens (including phenoxy) is 1. The second-order valence-electron chi connectivity index (χ2n) is 7.39. The van der Waals surface area contributed by atoms with Crippen LogP contribution in [0, 0.1) is 0 Å². The summed E-state index contributed by atoms with van der Waals surface area (Å²) in [5.74, 6) is -1.30. The quantitative estimate of drug-likeness (QED) is 0.631. The number of fused-ring (bicyclic) bond motifs is 1. The maximum Gasteiger partial charge on any atom is 0.335 e. The molecule has 3 N–H and O–H groups in total. The van der Waals surface area contributed by atoms with E-state index in [0.717, 1.165) is 28.5 Å². The van der Waals surface area contributed by atoms with E-state index >= 15 is 0 Å². The van der Waals surface area contributed by atoms with Crippen LogP contribution in [0.15, 0.2) is 36.4 Å². The molecule has 0 bridgehead atoms. The van der Waals surface area contributed by atoms with Crippen molar-refractivity contribution in [2.24, 2.45) is 0 Å². The molecule has 2 aromatic rings. The van der Waals surface area contributed by atoms with E-state index in [1.54, 1.807) is 18.2 Å². The molecule has 0 aromatic heterocycles. The van der Waals surface area contributed by atoms with Gasteiger partial charge in [-0.25, -0.2) is 4.79 Å². The Morgan fingerprint density at radius 1 is 1.13 bits per heavy atom. The molecule has 2 heterocycles. The molecule has 2 atom stereocenters. The normalized spacial score (nSPS) is 18.7. The fourth-order valence-corrected chi connectivity index (χ4v) is 5.02. The van der Waals surface area contributed by atoms with Crippen LogP contribution < -0.4 is 15.4 Å². The van der Waals surface area contributed by atoms with Crippen LogP contribution in [0.5, 0.6) is 5.75 Å². The summed E-state index contributed by atoms with van der Waals surface area (Å²) in [4.78, 5) is 47.6. The van der Waals surface area contributed by atoms with E-state index in [4.69, 9.17) is 9.84 Å². The third-order valence-corrected chi connectivity index (χ3v) is 6.65. The number of methoxy groups -OCH3 is 1. The van der Waals surface area contributed by atoms with E-state index in [0.29, 0.717) is 30.7 Å². The van der Waals surface area contributed by atoms with E-state index in [2.05, 4.69) is 10.6 Å². The maximum absolute atomic E-state index is 12.6. The zero-order valence-electron chi connectivity index (χ0n) is 16.6. The number of hydrogen-bond donors (Lipinski definition) is 3. The van der Waals surface area contributed by atoms with Gasteiger partial charge in [0.05, 0.1) is 18.4 Å². The van der Waals surface area contributed by atoms with E-state index < -0.39 is 16.5 Å². The average Bonchev–Trinajstić information content (AvgIpc) is 3.09. The molecule has 1 fully saturated rings. The summed E-state index contributed by atoms with van der Waals surface area (Å²) in [6.45, 7) is 0. The lowest BCUT2D eigenvalue weighted by molar-refractivity contribution is -0.119. The average molecular weight is 440 g/mol. The highest BCUT2D eigenvalue weighted by molar-refractivity contribution is 8.15. The van der Waals surface area contributed by atoms with Crippen molar-refractivity contribution >= 4 is 40.5 Å². The Bertz CT molecular complexity index is 1080. The van der Waals surface area contributed by atoms with Crippen LogP contribution in [0.4, 0.5) is 10.5 Å². The summed E-state index contributed by atoms with van der Waals surface area (Å²) < 4.78 is 5.40. The van der Waals surface area contributed by atoms with Gasteiger partial charge in [-0.2, -0.15) is 0 Å². The molecule has 2 aromatic carbocycles. The van der Waals surface area contributed by atoms with Crippen molar-refractivity contribution in [3.8, 4) is 5.75 Å². The van der Waals surface area contributed by atoms with Gasteiger partial charge in [-0.1, -0.05) is 30.0 Å². The van der Waals surface area contributed by atoms with E-state index in [-0.39, 0.29) is 23.3 Å². The van der Waals surface area contributed by atoms with Crippen molar-refractivity contribution in [1.29, 1.82) is 0 Å². The molecule has 2 unspecified atom stereocenters. The second-order valence-corrected chi connectivity index (χ2v) is 8.50. The van der Waals surface area contributed by atoms with Crippen molar-refractivity contribution in [3.63, 3.8) is 0 Å². The molecule has 9 heteroatoms. The van der Waals surface area contributed by atoms with E-state index in [9.17, 15) is 19.2 Å². The van der Waals surface area contributed by atoms with Crippen LogP contribution in [0.2, 0.25) is 0 Å². The largest absolute Gasteiger partial charge is 0.495 e.